The molecule has 0 aliphatic carbocycles. The lowest BCUT2D eigenvalue weighted by molar-refractivity contribution is -0.888. The van der Waals surface area contributed by atoms with Gasteiger partial charge in [0.05, 0.1) is 43.2 Å². The minimum Gasteiger partial charge on any atom is -0.759 e. The van der Waals surface area contributed by atoms with Gasteiger partial charge >= 0.3 is 0 Å². The van der Waals surface area contributed by atoms with Gasteiger partial charge < -0.3 is 22.3 Å². The van der Waals surface area contributed by atoms with Crippen LogP contribution in [0.2, 0.25) is 5.02 Å². The summed E-state index contributed by atoms with van der Waals surface area (Å²) in [4.78, 5) is 5.92. The topological polar surface area (TPSA) is 74.1 Å². The zero-order chi connectivity index (χ0) is 22.2. The first kappa shape index (κ1) is 22.7. The number of ether oxygens (including phenoxy) is 1. The molecule has 1 aliphatic rings. The highest BCUT2D eigenvalue weighted by Crippen LogP contribution is 2.37. The third-order valence-corrected chi connectivity index (χ3v) is 5.55. The van der Waals surface area contributed by atoms with E-state index in [1.807, 2.05) is 30.3 Å². The van der Waals surface area contributed by atoms with E-state index in [0.29, 0.717) is 27.4 Å². The lowest BCUT2D eigenvalue weighted by atomic mass is 9.93. The number of aromatic nitrogens is 1. The number of hydrogen-bond acceptors (Lipinski definition) is 5. The highest BCUT2D eigenvalue weighted by atomic mass is 35.5. The summed E-state index contributed by atoms with van der Waals surface area (Å²) in [5.41, 5.74) is 2.73. The number of rotatable bonds is 2. The molecule has 4 rings (SSSR count). The van der Waals surface area contributed by atoms with E-state index in [4.69, 9.17) is 29.0 Å². The molecule has 2 heterocycles. The average molecular weight is 449 g/mol. The fraction of sp³-hybridized carbons (Fsp3) is 0.208. The molecule has 1 aliphatic heterocycles. The monoisotopic (exact) mass is 448 g/mol. The number of nitriles is 2. The smallest absolute Gasteiger partial charge is 0.102 e. The Morgan fingerprint density at radius 1 is 0.968 bits per heavy atom. The van der Waals surface area contributed by atoms with Crippen molar-refractivity contribution in [3.8, 4) is 34.5 Å². The van der Waals surface area contributed by atoms with Crippen molar-refractivity contribution in [3.05, 3.63) is 70.7 Å². The number of morpholine rings is 1. The first-order chi connectivity index (χ1) is 15.1. The molecule has 0 spiro atoms. The zero-order valence-corrected chi connectivity index (χ0v) is 18.6. The largest absolute Gasteiger partial charge is 0.759 e. The van der Waals surface area contributed by atoms with Crippen LogP contribution in [-0.4, -0.2) is 38.3 Å². The number of halogens is 1. The third-order valence-electron chi connectivity index (χ3n) is 4.92. The van der Waals surface area contributed by atoms with E-state index in [0.717, 1.165) is 18.8 Å². The lowest BCUT2D eigenvalue weighted by Crippen LogP contribution is -3.11. The number of hydrogen-bond donors (Lipinski definition) is 1. The van der Waals surface area contributed by atoms with Crippen LogP contribution in [0.4, 0.5) is 0 Å². The fourth-order valence-electron chi connectivity index (χ4n) is 3.23. The predicted molar refractivity (Wildman–Crippen MR) is 123 cm³/mol. The van der Waals surface area contributed by atoms with Gasteiger partial charge in [-0.3, -0.25) is 4.98 Å². The van der Waals surface area contributed by atoms with Gasteiger partial charge in [0.1, 0.15) is 19.2 Å². The molecule has 5 nitrogen and oxygen atoms in total. The van der Waals surface area contributed by atoms with Gasteiger partial charge in [0.2, 0.25) is 0 Å². The number of nitrogens with zero attached hydrogens (tertiary/aromatic N) is 3. The molecule has 1 aromatic heterocycles. The quantitative estimate of drug-likeness (QED) is 0.609. The molecule has 156 valence electrons. The standard InChI is InChI=1S/C19H10ClN3S.C5H11NO/c20-16-9-5-4-8-13(16)17-14(10-21)18(12-6-2-1-3-7-12)23-19(24)15(17)11-22;1-6-2-4-7-5-3-6/h1-9H,(H,23,24);2-5H2,1H3. The van der Waals surface area contributed by atoms with Gasteiger partial charge in [-0.25, -0.2) is 0 Å². The highest BCUT2D eigenvalue weighted by molar-refractivity contribution is 7.58. The van der Waals surface area contributed by atoms with Crippen molar-refractivity contribution >= 4 is 24.2 Å². The summed E-state index contributed by atoms with van der Waals surface area (Å²) in [5.74, 6) is 0. The van der Waals surface area contributed by atoms with E-state index >= 15 is 0 Å². The summed E-state index contributed by atoms with van der Waals surface area (Å²) in [6.45, 7) is 4.26. The Morgan fingerprint density at radius 2 is 1.58 bits per heavy atom. The maximum atomic E-state index is 9.75. The summed E-state index contributed by atoms with van der Waals surface area (Å²) in [5, 5.41) is 19.9. The predicted octanol–water partition coefficient (Wildman–Crippen LogP) is 3.25. The summed E-state index contributed by atoms with van der Waals surface area (Å²) in [6.07, 6.45) is 0. The van der Waals surface area contributed by atoms with Crippen LogP contribution < -0.4 is 4.90 Å². The van der Waals surface area contributed by atoms with Crippen molar-refractivity contribution in [1.29, 1.82) is 10.5 Å². The average Bonchev–Trinajstić information content (AvgIpc) is 2.80. The van der Waals surface area contributed by atoms with E-state index in [9.17, 15) is 10.5 Å². The Hall–Kier alpha value is -3.00. The van der Waals surface area contributed by atoms with Gasteiger partial charge in [0, 0.05) is 21.7 Å². The van der Waals surface area contributed by atoms with Crippen LogP contribution in [0.3, 0.4) is 0 Å². The van der Waals surface area contributed by atoms with Crippen LogP contribution in [0.5, 0.6) is 0 Å². The first-order valence-corrected chi connectivity index (χ1v) is 10.6. The van der Waals surface area contributed by atoms with Crippen LogP contribution in [-0.2, 0) is 17.4 Å². The van der Waals surface area contributed by atoms with Crippen molar-refractivity contribution < 1.29 is 9.64 Å². The molecule has 0 bridgehead atoms. The Bertz CT molecular complexity index is 1130. The first-order valence-electron chi connectivity index (χ1n) is 9.81. The van der Waals surface area contributed by atoms with Gasteiger partial charge in [-0.05, 0) is 6.07 Å². The Kier molecular flexibility index (Phi) is 7.94. The molecule has 2 aromatic carbocycles. The molecule has 0 atom stereocenters. The third kappa shape index (κ3) is 5.38. The van der Waals surface area contributed by atoms with E-state index < -0.39 is 0 Å². The van der Waals surface area contributed by atoms with Crippen LogP contribution in [0, 0.1) is 22.7 Å². The summed E-state index contributed by atoms with van der Waals surface area (Å²) in [6, 6.07) is 20.6. The number of likely N-dealkylation sites (N-methyl/N-ethyl adjacent to an activating group) is 1. The van der Waals surface area contributed by atoms with Crippen molar-refractivity contribution in [2.45, 2.75) is 5.03 Å². The van der Waals surface area contributed by atoms with Crippen LogP contribution in [0.15, 0.2) is 59.6 Å². The molecule has 7 heteroatoms. The van der Waals surface area contributed by atoms with Gasteiger partial charge in [0.25, 0.3) is 0 Å². The molecule has 0 unspecified atom stereocenters. The lowest BCUT2D eigenvalue weighted by Gasteiger charge is -2.18. The number of benzene rings is 2. The number of quaternary nitrogens is 1. The SMILES string of the molecule is C[NH+]1CCOCC1.N#Cc1c([S-])nc(-c2ccccc2)c(C#N)c1-c1ccccc1Cl. The Morgan fingerprint density at radius 3 is 2.13 bits per heavy atom. The zero-order valence-electron chi connectivity index (χ0n) is 17.1. The van der Waals surface area contributed by atoms with Crippen LogP contribution in [0.25, 0.3) is 22.4 Å². The normalized spacial score (nSPS) is 13.4. The molecule has 0 saturated carbocycles. The van der Waals surface area contributed by atoms with Gasteiger partial charge in [-0.15, -0.1) is 0 Å². The molecule has 31 heavy (non-hydrogen) atoms. The summed E-state index contributed by atoms with van der Waals surface area (Å²) < 4.78 is 5.12. The molecular formula is C24H21ClN4OS. The molecule has 0 radical (unpaired) electrons. The minimum atomic E-state index is 0.158. The maximum absolute atomic E-state index is 9.75. The fourth-order valence-corrected chi connectivity index (χ4v) is 3.70. The van der Waals surface area contributed by atoms with Gasteiger partial charge in [-0.2, -0.15) is 10.5 Å². The van der Waals surface area contributed by atoms with E-state index in [1.54, 1.807) is 29.2 Å². The number of pyridine rings is 1. The second-order valence-electron chi connectivity index (χ2n) is 7.03. The Labute approximate surface area is 192 Å². The highest BCUT2D eigenvalue weighted by Gasteiger charge is 2.19. The molecule has 0 amide bonds. The van der Waals surface area contributed by atoms with Crippen molar-refractivity contribution in [2.75, 3.05) is 33.4 Å². The van der Waals surface area contributed by atoms with Gasteiger partial charge in [-0.1, -0.05) is 65.2 Å². The second-order valence-corrected chi connectivity index (χ2v) is 7.82. The van der Waals surface area contributed by atoms with Crippen LogP contribution in [0.1, 0.15) is 11.1 Å². The van der Waals surface area contributed by atoms with Crippen LogP contribution >= 0.6 is 11.6 Å². The molecule has 3 aromatic rings. The minimum absolute atomic E-state index is 0.158. The van der Waals surface area contributed by atoms with Crippen molar-refractivity contribution in [1.82, 2.24) is 4.98 Å². The Balaban J connectivity index is 0.000000330. The molecule has 1 N–H and O–H groups in total. The summed E-state index contributed by atoms with van der Waals surface area (Å²) in [7, 11) is 2.20. The second kappa shape index (κ2) is 10.9. The van der Waals surface area contributed by atoms with E-state index in [2.05, 4.69) is 24.2 Å². The molecule has 1 saturated heterocycles. The summed E-state index contributed by atoms with van der Waals surface area (Å²) >= 11 is 11.6. The molecule has 1 fully saturated rings. The number of nitrogens with one attached hydrogen (secondary N) is 1. The maximum Gasteiger partial charge on any atom is 0.102 e. The van der Waals surface area contributed by atoms with E-state index in [1.165, 1.54) is 13.1 Å². The van der Waals surface area contributed by atoms with E-state index in [-0.39, 0.29) is 10.6 Å². The van der Waals surface area contributed by atoms with Crippen molar-refractivity contribution in [2.24, 2.45) is 0 Å². The van der Waals surface area contributed by atoms with Gasteiger partial charge in [0.15, 0.2) is 0 Å². The van der Waals surface area contributed by atoms with Crippen molar-refractivity contribution in [3.63, 3.8) is 0 Å². The molecular weight excluding hydrogens is 428 g/mol.